The first kappa shape index (κ1) is 27.9. The van der Waals surface area contributed by atoms with Crippen LogP contribution in [0.5, 0.6) is 0 Å². The van der Waals surface area contributed by atoms with E-state index in [0.29, 0.717) is 6.54 Å². The third-order valence-corrected chi connectivity index (χ3v) is 8.08. The van der Waals surface area contributed by atoms with Gasteiger partial charge in [-0.2, -0.15) is 0 Å². The Morgan fingerprint density at radius 3 is 2.00 bits per heavy atom. The van der Waals surface area contributed by atoms with Crippen LogP contribution in [0.15, 0.2) is 0 Å². The number of nitrogens with zero attached hydrogens (tertiary/aromatic N) is 1. The van der Waals surface area contributed by atoms with Gasteiger partial charge in [-0.05, 0) is 62.2 Å². The van der Waals surface area contributed by atoms with Crippen LogP contribution < -0.4 is 21.7 Å². The summed E-state index contributed by atoms with van der Waals surface area (Å²) >= 11 is 0. The van der Waals surface area contributed by atoms with Crippen LogP contribution in [-0.2, 0) is 19.2 Å². The van der Waals surface area contributed by atoms with Crippen molar-refractivity contribution in [2.45, 2.75) is 98.3 Å². The second kappa shape index (κ2) is 9.34. The molecule has 5 atom stereocenters. The van der Waals surface area contributed by atoms with Crippen LogP contribution in [0.4, 0.5) is 4.79 Å². The van der Waals surface area contributed by atoms with Gasteiger partial charge in [-0.15, -0.1) is 0 Å². The molecule has 3 fully saturated rings. The first-order valence-corrected chi connectivity index (χ1v) is 12.9. The minimum absolute atomic E-state index is 0.0730. The summed E-state index contributed by atoms with van der Waals surface area (Å²) in [5.41, 5.74) is 4.03. The maximum Gasteiger partial charge on any atom is 0.315 e. The van der Waals surface area contributed by atoms with Gasteiger partial charge in [0.1, 0.15) is 18.1 Å². The molecule has 0 bridgehead atoms. The van der Waals surface area contributed by atoms with Gasteiger partial charge in [0, 0.05) is 12.1 Å². The Balaban J connectivity index is 1.85. The highest BCUT2D eigenvalue weighted by molar-refractivity contribution is 6.38. The molecule has 3 unspecified atom stereocenters. The SMILES string of the molecule is CC(C)(C)NC(=O)NC(C(=O)N1C[C@H]2[C@@H](C1C(=O)NC(C(=O)C(N)=O)C1CCC1)C2(C)C)C(C)(C)C. The van der Waals surface area contributed by atoms with Gasteiger partial charge in [0.25, 0.3) is 5.91 Å². The Morgan fingerprint density at radius 2 is 1.56 bits per heavy atom. The summed E-state index contributed by atoms with van der Waals surface area (Å²) in [5.74, 6) is -2.73. The lowest BCUT2D eigenvalue weighted by Gasteiger charge is -2.39. The van der Waals surface area contributed by atoms with E-state index in [1.807, 2.05) is 41.5 Å². The topological polar surface area (TPSA) is 151 Å². The van der Waals surface area contributed by atoms with Gasteiger partial charge in [0.05, 0.1) is 0 Å². The number of likely N-dealkylation sites (tertiary alicyclic amines) is 1. The standard InChI is InChI=1S/C26H43N5O5/c1-24(2,3)19(29-23(36)30-25(4,5)6)22(35)31-12-14-15(26(14,7)8)17(31)21(34)28-16(13-10-9-11-13)18(32)20(27)33/h13-17,19H,9-12H2,1-8H3,(H2,27,33)(H,28,34)(H2,29,30,36)/t14-,15-,16?,17?,19?/m0/s1. The number of hydrogen-bond acceptors (Lipinski definition) is 5. The minimum atomic E-state index is -1.07. The highest BCUT2D eigenvalue weighted by Crippen LogP contribution is 2.65. The fourth-order valence-corrected chi connectivity index (χ4v) is 5.70. The van der Waals surface area contributed by atoms with Crippen molar-refractivity contribution in [3.8, 4) is 0 Å². The Labute approximate surface area is 213 Å². The van der Waals surface area contributed by atoms with Crippen molar-refractivity contribution < 1.29 is 24.0 Å². The van der Waals surface area contributed by atoms with E-state index < -0.39 is 52.7 Å². The van der Waals surface area contributed by atoms with E-state index in [0.717, 1.165) is 19.3 Å². The van der Waals surface area contributed by atoms with E-state index in [2.05, 4.69) is 29.8 Å². The summed E-state index contributed by atoms with van der Waals surface area (Å²) in [6.07, 6.45) is 2.38. The number of carbonyl (C=O) groups is 5. The number of ketones is 1. The van der Waals surface area contributed by atoms with Crippen molar-refractivity contribution in [3.63, 3.8) is 0 Å². The van der Waals surface area contributed by atoms with Crippen molar-refractivity contribution in [3.05, 3.63) is 0 Å². The predicted molar refractivity (Wildman–Crippen MR) is 134 cm³/mol. The molecule has 0 aromatic rings. The second-order valence-corrected chi connectivity index (χ2v) is 13.4. The Kier molecular flexibility index (Phi) is 7.24. The monoisotopic (exact) mass is 505 g/mol. The number of nitrogens with one attached hydrogen (secondary N) is 3. The van der Waals surface area contributed by atoms with Crippen molar-refractivity contribution in [1.82, 2.24) is 20.9 Å². The Hall–Kier alpha value is -2.65. The molecule has 5 amide bonds. The maximum atomic E-state index is 13.9. The van der Waals surface area contributed by atoms with Gasteiger partial charge in [0.15, 0.2) is 0 Å². The van der Waals surface area contributed by atoms with Gasteiger partial charge >= 0.3 is 6.03 Å². The molecule has 3 aliphatic rings. The number of hydrogen-bond donors (Lipinski definition) is 4. The quantitative estimate of drug-likeness (QED) is 0.385. The van der Waals surface area contributed by atoms with E-state index in [1.165, 1.54) is 0 Å². The molecule has 0 radical (unpaired) electrons. The third-order valence-electron chi connectivity index (χ3n) is 8.08. The zero-order chi connectivity index (χ0) is 27.4. The molecule has 0 aromatic carbocycles. The molecule has 5 N–H and O–H groups in total. The molecular formula is C26H43N5O5. The van der Waals surface area contributed by atoms with Crippen LogP contribution in [0.2, 0.25) is 0 Å². The van der Waals surface area contributed by atoms with E-state index in [1.54, 1.807) is 4.90 Å². The average Bonchev–Trinajstić information content (AvgIpc) is 3.02. The number of amides is 5. The summed E-state index contributed by atoms with van der Waals surface area (Å²) in [6, 6.07) is -3.10. The van der Waals surface area contributed by atoms with Crippen molar-refractivity contribution in [2.24, 2.45) is 34.3 Å². The Morgan fingerprint density at radius 1 is 0.972 bits per heavy atom. The maximum absolute atomic E-state index is 13.9. The summed E-state index contributed by atoms with van der Waals surface area (Å²) in [6.45, 7) is 15.7. The number of rotatable bonds is 7. The molecular weight excluding hydrogens is 462 g/mol. The predicted octanol–water partition coefficient (Wildman–Crippen LogP) is 1.32. The molecule has 1 heterocycles. The molecule has 3 rings (SSSR count). The molecule has 0 spiro atoms. The van der Waals surface area contributed by atoms with E-state index >= 15 is 0 Å². The van der Waals surface area contributed by atoms with Crippen LogP contribution >= 0.6 is 0 Å². The summed E-state index contributed by atoms with van der Waals surface area (Å²) < 4.78 is 0. The van der Waals surface area contributed by atoms with Crippen LogP contribution in [0.3, 0.4) is 0 Å². The van der Waals surface area contributed by atoms with Gasteiger partial charge in [0.2, 0.25) is 17.6 Å². The van der Waals surface area contributed by atoms with Crippen molar-refractivity contribution in [2.75, 3.05) is 6.54 Å². The fraction of sp³-hybridized carbons (Fsp3) is 0.808. The van der Waals surface area contributed by atoms with Gasteiger partial charge in [-0.25, -0.2) is 4.79 Å². The lowest BCUT2D eigenvalue weighted by Crippen LogP contribution is -2.62. The van der Waals surface area contributed by atoms with Crippen molar-refractivity contribution in [1.29, 1.82) is 0 Å². The van der Waals surface area contributed by atoms with Crippen LogP contribution in [0.25, 0.3) is 0 Å². The highest BCUT2D eigenvalue weighted by Gasteiger charge is 2.70. The molecule has 0 aromatic heterocycles. The smallest absolute Gasteiger partial charge is 0.315 e. The molecule has 10 nitrogen and oxygen atoms in total. The number of carbonyl (C=O) groups excluding carboxylic acids is 5. The van der Waals surface area contributed by atoms with Gasteiger partial charge in [-0.3, -0.25) is 19.2 Å². The molecule has 2 saturated carbocycles. The van der Waals surface area contributed by atoms with Gasteiger partial charge in [-0.1, -0.05) is 41.0 Å². The third kappa shape index (κ3) is 5.52. The van der Waals surface area contributed by atoms with Crippen LogP contribution in [-0.4, -0.2) is 64.6 Å². The summed E-state index contributed by atoms with van der Waals surface area (Å²) in [7, 11) is 0. The number of piperidine rings is 1. The van der Waals surface area contributed by atoms with Crippen LogP contribution in [0.1, 0.15) is 74.7 Å². The zero-order valence-corrected chi connectivity index (χ0v) is 22.9. The molecule has 1 saturated heterocycles. The minimum Gasteiger partial charge on any atom is -0.363 e. The lowest BCUT2D eigenvalue weighted by molar-refractivity contribution is -0.145. The molecule has 36 heavy (non-hydrogen) atoms. The number of fused-ring (bicyclic) bond motifs is 1. The fourth-order valence-electron chi connectivity index (χ4n) is 5.70. The average molecular weight is 506 g/mol. The normalized spacial score (nSPS) is 26.7. The highest BCUT2D eigenvalue weighted by atomic mass is 16.2. The molecule has 2 aliphatic carbocycles. The first-order valence-electron chi connectivity index (χ1n) is 12.9. The number of urea groups is 1. The largest absolute Gasteiger partial charge is 0.363 e. The van der Waals surface area contributed by atoms with E-state index in [9.17, 15) is 24.0 Å². The first-order chi connectivity index (χ1) is 16.4. The summed E-state index contributed by atoms with van der Waals surface area (Å²) in [4.78, 5) is 65.9. The zero-order valence-electron chi connectivity index (χ0n) is 22.9. The van der Waals surface area contributed by atoms with E-state index in [4.69, 9.17) is 5.73 Å². The molecule has 202 valence electrons. The van der Waals surface area contributed by atoms with Crippen LogP contribution in [0, 0.1) is 28.6 Å². The van der Waals surface area contributed by atoms with Crippen molar-refractivity contribution >= 4 is 29.5 Å². The van der Waals surface area contributed by atoms with E-state index in [-0.39, 0.29) is 29.1 Å². The number of nitrogens with two attached hydrogens (primary N) is 1. The van der Waals surface area contributed by atoms with Gasteiger partial charge < -0.3 is 26.6 Å². The Bertz CT molecular complexity index is 943. The number of Topliss-reactive ketones (excluding diaryl/α,β-unsaturated/α-hetero) is 1. The molecule has 10 heteroatoms. The lowest BCUT2D eigenvalue weighted by atomic mass is 9.78. The summed E-state index contributed by atoms with van der Waals surface area (Å²) in [5, 5.41) is 8.44. The molecule has 1 aliphatic heterocycles. The second-order valence-electron chi connectivity index (χ2n) is 13.4. The number of primary amides is 1.